The first kappa shape index (κ1) is 23.5. The molecule has 1 aromatic heterocycles. The van der Waals surface area contributed by atoms with Crippen molar-refractivity contribution in [3.05, 3.63) is 35.9 Å². The van der Waals surface area contributed by atoms with E-state index in [1.165, 1.54) is 102 Å². The lowest BCUT2D eigenvalue weighted by atomic mass is 9.78. The van der Waals surface area contributed by atoms with Crippen LogP contribution in [0.25, 0.3) is 0 Å². The summed E-state index contributed by atoms with van der Waals surface area (Å²) in [7, 11) is 0. The zero-order chi connectivity index (χ0) is 21.0. The van der Waals surface area contributed by atoms with Gasteiger partial charge in [0.1, 0.15) is 5.82 Å². The Kier molecular flexibility index (Phi) is 10.4. The lowest BCUT2D eigenvalue weighted by Gasteiger charge is -2.28. The lowest BCUT2D eigenvalue weighted by Crippen LogP contribution is -2.15. The lowest BCUT2D eigenvalue weighted by molar-refractivity contribution is 0.292. The molecule has 2 saturated carbocycles. The van der Waals surface area contributed by atoms with Gasteiger partial charge in [-0.1, -0.05) is 64.5 Å². The van der Waals surface area contributed by atoms with E-state index in [2.05, 4.69) is 38.4 Å². The van der Waals surface area contributed by atoms with Crippen molar-refractivity contribution in [2.24, 2.45) is 17.8 Å². The van der Waals surface area contributed by atoms with Crippen LogP contribution < -0.4 is 0 Å². The highest BCUT2D eigenvalue weighted by Crippen LogP contribution is 2.36. The predicted octanol–water partition coefficient (Wildman–Crippen LogP) is 8.43. The van der Waals surface area contributed by atoms with Gasteiger partial charge < -0.3 is 0 Å². The summed E-state index contributed by atoms with van der Waals surface area (Å²) in [4.78, 5) is 9.51. The first-order chi connectivity index (χ1) is 14.8. The van der Waals surface area contributed by atoms with E-state index in [-0.39, 0.29) is 0 Å². The molecule has 0 atom stereocenters. The number of aryl methyl sites for hydroxylation is 1. The maximum Gasteiger partial charge on any atom is 0.131 e. The Balaban J connectivity index is 1.35. The number of hydrogen-bond donors (Lipinski definition) is 0. The Hall–Kier alpha value is -1.18. The summed E-state index contributed by atoms with van der Waals surface area (Å²) in [6.45, 7) is 4.60. The molecule has 0 spiro atoms. The molecular formula is C28H46N2. The van der Waals surface area contributed by atoms with E-state index in [1.807, 2.05) is 0 Å². The molecule has 0 unspecified atom stereocenters. The van der Waals surface area contributed by atoms with Gasteiger partial charge in [-0.2, -0.15) is 0 Å². The van der Waals surface area contributed by atoms with E-state index >= 15 is 0 Å². The van der Waals surface area contributed by atoms with Crippen molar-refractivity contribution in [2.75, 3.05) is 0 Å². The fourth-order valence-corrected chi connectivity index (χ4v) is 5.60. The third-order valence-corrected chi connectivity index (χ3v) is 7.68. The van der Waals surface area contributed by atoms with Crippen LogP contribution in [-0.4, -0.2) is 9.97 Å². The summed E-state index contributed by atoms with van der Waals surface area (Å²) in [5, 5.41) is 0. The maximum atomic E-state index is 4.75. The fourth-order valence-electron chi connectivity index (χ4n) is 5.60. The minimum Gasteiger partial charge on any atom is -0.241 e. The van der Waals surface area contributed by atoms with Crippen molar-refractivity contribution < 1.29 is 0 Å². The van der Waals surface area contributed by atoms with Gasteiger partial charge in [-0.15, -0.1) is 0 Å². The Labute approximate surface area is 186 Å². The van der Waals surface area contributed by atoms with Gasteiger partial charge in [-0.05, 0) is 87.5 Å². The van der Waals surface area contributed by atoms with Gasteiger partial charge in [0.2, 0.25) is 0 Å². The van der Waals surface area contributed by atoms with Crippen LogP contribution in [0.15, 0.2) is 24.5 Å². The van der Waals surface area contributed by atoms with Gasteiger partial charge in [0.25, 0.3) is 0 Å². The smallest absolute Gasteiger partial charge is 0.131 e. The van der Waals surface area contributed by atoms with Crippen molar-refractivity contribution >= 4 is 0 Å². The number of allylic oxidation sites excluding steroid dienone is 2. The molecule has 0 aromatic carbocycles. The molecule has 2 fully saturated rings. The van der Waals surface area contributed by atoms with Gasteiger partial charge in [-0.3, -0.25) is 0 Å². The number of nitrogens with zero attached hydrogens (tertiary/aromatic N) is 2. The van der Waals surface area contributed by atoms with Crippen LogP contribution in [0, 0.1) is 17.8 Å². The van der Waals surface area contributed by atoms with Crippen LogP contribution >= 0.6 is 0 Å². The van der Waals surface area contributed by atoms with Crippen molar-refractivity contribution in [1.82, 2.24) is 9.97 Å². The molecule has 1 heterocycles. The Morgan fingerprint density at radius 1 is 0.733 bits per heavy atom. The highest BCUT2D eigenvalue weighted by molar-refractivity contribution is 5.09. The molecule has 1 aromatic rings. The minimum absolute atomic E-state index is 0.581. The first-order valence-electron chi connectivity index (χ1n) is 13.3. The second-order valence-corrected chi connectivity index (χ2v) is 10.2. The zero-order valence-electron chi connectivity index (χ0n) is 19.8. The second-order valence-electron chi connectivity index (χ2n) is 10.2. The number of aromatic nitrogens is 2. The SMILES string of the molecule is CCCCCCCc1cnc(C2CCC(/C=C/C3CCC(CCC)CC3)CC2)nc1. The predicted molar refractivity (Wildman–Crippen MR) is 129 cm³/mol. The Bertz CT molecular complexity index is 590. The molecule has 0 N–H and O–H groups in total. The van der Waals surface area contributed by atoms with Gasteiger partial charge in [0, 0.05) is 18.3 Å². The molecular weight excluding hydrogens is 364 g/mol. The summed E-state index contributed by atoms with van der Waals surface area (Å²) < 4.78 is 0. The van der Waals surface area contributed by atoms with E-state index in [0.29, 0.717) is 5.92 Å². The summed E-state index contributed by atoms with van der Waals surface area (Å²) in [6.07, 6.45) is 30.9. The second kappa shape index (κ2) is 13.3. The molecule has 3 rings (SSSR count). The molecule has 0 saturated heterocycles. The van der Waals surface area contributed by atoms with E-state index in [9.17, 15) is 0 Å². The molecule has 168 valence electrons. The topological polar surface area (TPSA) is 25.8 Å². The summed E-state index contributed by atoms with van der Waals surface area (Å²) in [5.74, 6) is 4.34. The third kappa shape index (κ3) is 7.82. The van der Waals surface area contributed by atoms with Crippen molar-refractivity contribution in [1.29, 1.82) is 0 Å². The standard InChI is InChI=1S/C28H46N2/c1-3-5-6-7-8-10-26-21-29-28(30-22-26)27-19-17-25(18-20-27)16-15-24-13-11-23(9-4-2)12-14-24/h15-16,21-25,27H,3-14,17-20H2,1-2H3/b16-15+. The molecule has 0 bridgehead atoms. The highest BCUT2D eigenvalue weighted by atomic mass is 14.9. The summed E-state index contributed by atoms with van der Waals surface area (Å²) in [6, 6.07) is 0. The van der Waals surface area contributed by atoms with E-state index in [4.69, 9.17) is 9.97 Å². The van der Waals surface area contributed by atoms with Crippen LogP contribution in [0.3, 0.4) is 0 Å². The summed E-state index contributed by atoms with van der Waals surface area (Å²) >= 11 is 0. The quantitative estimate of drug-likeness (QED) is 0.270. The summed E-state index contributed by atoms with van der Waals surface area (Å²) in [5.41, 5.74) is 1.32. The van der Waals surface area contributed by atoms with Crippen LogP contribution in [0.5, 0.6) is 0 Å². The molecule has 0 aliphatic heterocycles. The fraction of sp³-hybridized carbons (Fsp3) is 0.786. The first-order valence-corrected chi connectivity index (χ1v) is 13.3. The monoisotopic (exact) mass is 410 g/mol. The molecule has 0 amide bonds. The highest BCUT2D eigenvalue weighted by Gasteiger charge is 2.24. The molecule has 2 aliphatic rings. The van der Waals surface area contributed by atoms with E-state index in [1.54, 1.807) is 0 Å². The van der Waals surface area contributed by atoms with Crippen LogP contribution in [0.2, 0.25) is 0 Å². The minimum atomic E-state index is 0.581. The largest absolute Gasteiger partial charge is 0.241 e. The van der Waals surface area contributed by atoms with E-state index < -0.39 is 0 Å². The average molecular weight is 411 g/mol. The van der Waals surface area contributed by atoms with Crippen molar-refractivity contribution in [2.45, 2.75) is 122 Å². The van der Waals surface area contributed by atoms with Gasteiger partial charge in [0.05, 0.1) is 0 Å². The normalized spacial score (nSPS) is 27.5. The number of rotatable bonds is 11. The molecule has 30 heavy (non-hydrogen) atoms. The van der Waals surface area contributed by atoms with Gasteiger partial charge in [-0.25, -0.2) is 9.97 Å². The number of unbranched alkanes of at least 4 members (excludes halogenated alkanes) is 4. The Morgan fingerprint density at radius 2 is 1.33 bits per heavy atom. The van der Waals surface area contributed by atoms with Crippen molar-refractivity contribution in [3.63, 3.8) is 0 Å². The van der Waals surface area contributed by atoms with E-state index in [0.717, 1.165) is 30.0 Å². The van der Waals surface area contributed by atoms with Crippen LogP contribution in [0.1, 0.15) is 127 Å². The van der Waals surface area contributed by atoms with Crippen LogP contribution in [-0.2, 0) is 6.42 Å². The van der Waals surface area contributed by atoms with Gasteiger partial charge >= 0.3 is 0 Å². The molecule has 2 heteroatoms. The van der Waals surface area contributed by atoms with Crippen LogP contribution in [0.4, 0.5) is 0 Å². The van der Waals surface area contributed by atoms with Crippen molar-refractivity contribution in [3.8, 4) is 0 Å². The Morgan fingerprint density at radius 3 is 1.93 bits per heavy atom. The zero-order valence-corrected chi connectivity index (χ0v) is 19.8. The molecule has 0 radical (unpaired) electrons. The maximum absolute atomic E-state index is 4.75. The molecule has 2 aliphatic carbocycles. The number of hydrogen-bond acceptors (Lipinski definition) is 2. The average Bonchev–Trinajstić information content (AvgIpc) is 2.79. The van der Waals surface area contributed by atoms with Gasteiger partial charge in [0.15, 0.2) is 0 Å². The third-order valence-electron chi connectivity index (χ3n) is 7.68. The molecule has 2 nitrogen and oxygen atoms in total.